The molecule has 5 nitrogen and oxygen atoms in total. The average Bonchev–Trinajstić information content (AvgIpc) is 2.85. The van der Waals surface area contributed by atoms with E-state index in [9.17, 15) is 9.59 Å². The van der Waals surface area contributed by atoms with E-state index in [1.54, 1.807) is 28.6 Å². The number of hydrogen-bond donors (Lipinski definition) is 0. The number of likely N-dealkylation sites (N-methyl/N-ethyl adjacent to an activating group) is 1. The summed E-state index contributed by atoms with van der Waals surface area (Å²) in [6, 6.07) is 24.2. The summed E-state index contributed by atoms with van der Waals surface area (Å²) in [5.74, 6) is 0.467. The molecule has 0 saturated carbocycles. The van der Waals surface area contributed by atoms with Crippen molar-refractivity contribution >= 4 is 16.8 Å². The largest absolute Gasteiger partial charge is 0.331 e. The molecule has 5 heteroatoms. The zero-order valence-electron chi connectivity index (χ0n) is 15.9. The molecule has 0 saturated heterocycles. The molecular formula is C24H19N3O2. The van der Waals surface area contributed by atoms with Crippen molar-refractivity contribution in [2.75, 3.05) is 7.05 Å². The third kappa shape index (κ3) is 2.74. The maximum atomic E-state index is 13.5. The van der Waals surface area contributed by atoms with Crippen molar-refractivity contribution < 1.29 is 4.79 Å². The minimum Gasteiger partial charge on any atom is -0.331 e. The van der Waals surface area contributed by atoms with Crippen LogP contribution < -0.4 is 5.56 Å². The molecule has 1 atom stereocenters. The molecule has 0 bridgehead atoms. The van der Waals surface area contributed by atoms with Gasteiger partial charge in [0, 0.05) is 13.5 Å². The Bertz CT molecular complexity index is 1290. The molecule has 1 amide bonds. The van der Waals surface area contributed by atoms with Crippen molar-refractivity contribution in [3.8, 4) is 5.69 Å². The molecule has 1 unspecified atom stereocenters. The van der Waals surface area contributed by atoms with Crippen LogP contribution in [0, 0.1) is 0 Å². The van der Waals surface area contributed by atoms with E-state index in [1.165, 1.54) is 0 Å². The number of carbonyl (C=O) groups is 1. The Kier molecular flexibility index (Phi) is 4.02. The third-order valence-corrected chi connectivity index (χ3v) is 5.53. The maximum Gasteiger partial charge on any atom is 0.266 e. The predicted octanol–water partition coefficient (Wildman–Crippen LogP) is 3.76. The van der Waals surface area contributed by atoms with Crippen LogP contribution in [0.2, 0.25) is 0 Å². The molecule has 1 aliphatic rings. The zero-order valence-corrected chi connectivity index (χ0v) is 15.9. The van der Waals surface area contributed by atoms with Gasteiger partial charge in [-0.25, -0.2) is 4.98 Å². The van der Waals surface area contributed by atoms with Crippen LogP contribution in [0.15, 0.2) is 83.7 Å². The van der Waals surface area contributed by atoms with Crippen molar-refractivity contribution in [1.29, 1.82) is 0 Å². The van der Waals surface area contributed by atoms with Gasteiger partial charge in [0.25, 0.3) is 11.5 Å². The van der Waals surface area contributed by atoms with Gasteiger partial charge in [-0.3, -0.25) is 14.2 Å². The Morgan fingerprint density at radius 3 is 2.38 bits per heavy atom. The molecule has 0 N–H and O–H groups in total. The molecule has 0 fully saturated rings. The van der Waals surface area contributed by atoms with Crippen LogP contribution in [0.25, 0.3) is 16.6 Å². The van der Waals surface area contributed by atoms with Gasteiger partial charge in [0.05, 0.1) is 28.2 Å². The normalized spacial score (nSPS) is 15.7. The lowest BCUT2D eigenvalue weighted by Crippen LogP contribution is -2.33. The summed E-state index contributed by atoms with van der Waals surface area (Å²) in [5, 5.41) is 0.543. The smallest absolute Gasteiger partial charge is 0.266 e. The molecule has 0 spiro atoms. The standard InChI is InChI=1S/C24H19N3O2/c1-26-21(15-16-9-3-2-4-10-16)22-25-19-13-7-5-11-17(19)24(29)27(22)20-14-8-6-12-18(20)23(26)28/h2-14,21H,15H2,1H3. The van der Waals surface area contributed by atoms with Gasteiger partial charge in [-0.15, -0.1) is 0 Å². The van der Waals surface area contributed by atoms with Crippen LogP contribution in [0.1, 0.15) is 27.8 Å². The van der Waals surface area contributed by atoms with Crippen LogP contribution in [-0.4, -0.2) is 27.4 Å². The summed E-state index contributed by atoms with van der Waals surface area (Å²) in [4.78, 5) is 33.4. The highest BCUT2D eigenvalue weighted by atomic mass is 16.2. The molecule has 3 aromatic carbocycles. The second-order valence-electron chi connectivity index (χ2n) is 7.27. The maximum absolute atomic E-state index is 13.5. The minimum absolute atomic E-state index is 0.115. The van der Waals surface area contributed by atoms with E-state index in [1.807, 2.05) is 66.7 Å². The highest BCUT2D eigenvalue weighted by Crippen LogP contribution is 2.31. The van der Waals surface area contributed by atoms with Crippen molar-refractivity contribution in [2.45, 2.75) is 12.5 Å². The molecule has 5 rings (SSSR count). The van der Waals surface area contributed by atoms with Crippen molar-refractivity contribution in [2.24, 2.45) is 0 Å². The molecular weight excluding hydrogens is 362 g/mol. The third-order valence-electron chi connectivity index (χ3n) is 5.53. The number of carbonyl (C=O) groups excluding carboxylic acids is 1. The summed E-state index contributed by atoms with van der Waals surface area (Å²) >= 11 is 0. The predicted molar refractivity (Wildman–Crippen MR) is 112 cm³/mol. The Labute approximate surface area is 167 Å². The summed E-state index contributed by atoms with van der Waals surface area (Å²) < 4.78 is 1.62. The van der Waals surface area contributed by atoms with Gasteiger partial charge in [-0.2, -0.15) is 0 Å². The van der Waals surface area contributed by atoms with Crippen LogP contribution in [0.4, 0.5) is 0 Å². The summed E-state index contributed by atoms with van der Waals surface area (Å²) in [6.07, 6.45) is 0.571. The molecule has 1 aromatic heterocycles. The zero-order chi connectivity index (χ0) is 20.0. The van der Waals surface area contributed by atoms with Gasteiger partial charge in [-0.05, 0) is 29.8 Å². The highest BCUT2D eigenvalue weighted by molar-refractivity contribution is 5.98. The van der Waals surface area contributed by atoms with Crippen LogP contribution in [-0.2, 0) is 6.42 Å². The van der Waals surface area contributed by atoms with Crippen LogP contribution in [0.5, 0.6) is 0 Å². The highest BCUT2D eigenvalue weighted by Gasteiger charge is 2.33. The Hall–Kier alpha value is -3.73. The van der Waals surface area contributed by atoms with Gasteiger partial charge in [0.15, 0.2) is 0 Å². The quantitative estimate of drug-likeness (QED) is 0.531. The first-order valence-corrected chi connectivity index (χ1v) is 9.57. The molecule has 142 valence electrons. The first kappa shape index (κ1) is 17.4. The lowest BCUT2D eigenvalue weighted by Gasteiger charge is -2.26. The number of benzene rings is 3. The number of amides is 1. The van der Waals surface area contributed by atoms with Gasteiger partial charge in [0.1, 0.15) is 5.82 Å². The first-order chi connectivity index (χ1) is 14.1. The fourth-order valence-electron chi connectivity index (χ4n) is 4.03. The van der Waals surface area contributed by atoms with E-state index in [0.29, 0.717) is 34.4 Å². The fourth-order valence-corrected chi connectivity index (χ4v) is 4.03. The summed E-state index contributed by atoms with van der Waals surface area (Å²) in [5.41, 5.74) is 2.66. The van der Waals surface area contributed by atoms with Crippen molar-refractivity contribution in [1.82, 2.24) is 14.5 Å². The summed E-state index contributed by atoms with van der Waals surface area (Å²) in [7, 11) is 1.78. The Morgan fingerprint density at radius 2 is 1.55 bits per heavy atom. The summed E-state index contributed by atoms with van der Waals surface area (Å²) in [6.45, 7) is 0. The Balaban J connectivity index is 1.84. The average molecular weight is 381 g/mol. The molecule has 0 aliphatic carbocycles. The first-order valence-electron chi connectivity index (χ1n) is 9.57. The van der Waals surface area contributed by atoms with Gasteiger partial charge in [0.2, 0.25) is 0 Å². The van der Waals surface area contributed by atoms with Crippen LogP contribution >= 0.6 is 0 Å². The monoisotopic (exact) mass is 381 g/mol. The topological polar surface area (TPSA) is 55.2 Å². The van der Waals surface area contributed by atoms with Crippen LogP contribution in [0.3, 0.4) is 0 Å². The SMILES string of the molecule is CN1C(=O)c2ccccc2-n2c(nc3ccccc3c2=O)C1Cc1ccccc1. The van der Waals surface area contributed by atoms with E-state index < -0.39 is 0 Å². The van der Waals surface area contributed by atoms with Gasteiger partial charge >= 0.3 is 0 Å². The lowest BCUT2D eigenvalue weighted by molar-refractivity contribution is 0.0729. The van der Waals surface area contributed by atoms with E-state index in [0.717, 1.165) is 5.56 Å². The number of hydrogen-bond acceptors (Lipinski definition) is 3. The number of rotatable bonds is 2. The molecule has 29 heavy (non-hydrogen) atoms. The molecule has 1 aliphatic heterocycles. The van der Waals surface area contributed by atoms with Gasteiger partial charge in [-0.1, -0.05) is 54.6 Å². The van der Waals surface area contributed by atoms with Gasteiger partial charge < -0.3 is 4.90 Å². The molecule has 4 aromatic rings. The Morgan fingerprint density at radius 1 is 0.862 bits per heavy atom. The fraction of sp³-hybridized carbons (Fsp3) is 0.125. The van der Waals surface area contributed by atoms with E-state index >= 15 is 0 Å². The number of para-hydroxylation sites is 2. The lowest BCUT2D eigenvalue weighted by atomic mass is 10.0. The van der Waals surface area contributed by atoms with E-state index in [-0.39, 0.29) is 17.5 Å². The molecule has 2 heterocycles. The van der Waals surface area contributed by atoms with Crippen molar-refractivity contribution in [3.05, 3.63) is 106 Å². The second-order valence-corrected chi connectivity index (χ2v) is 7.27. The number of fused-ring (bicyclic) bond motifs is 4. The molecule has 0 radical (unpaired) electrons. The van der Waals surface area contributed by atoms with E-state index in [2.05, 4.69) is 0 Å². The second kappa shape index (κ2) is 6.71. The van der Waals surface area contributed by atoms with E-state index in [4.69, 9.17) is 4.98 Å². The number of aromatic nitrogens is 2. The number of nitrogens with zero attached hydrogens (tertiary/aromatic N) is 3. The minimum atomic E-state index is -0.366. The van der Waals surface area contributed by atoms with Crippen molar-refractivity contribution in [3.63, 3.8) is 0 Å².